The zero-order valence-electron chi connectivity index (χ0n) is 9.28. The summed E-state index contributed by atoms with van der Waals surface area (Å²) in [6.45, 7) is -3.04. The summed E-state index contributed by atoms with van der Waals surface area (Å²) in [7, 11) is 0. The highest BCUT2D eigenvalue weighted by atomic mass is 35.5. The number of alkyl halides is 2. The second-order valence-corrected chi connectivity index (χ2v) is 3.82. The van der Waals surface area contributed by atoms with Crippen molar-refractivity contribution in [2.24, 2.45) is 0 Å². The number of halogens is 4. The molecule has 0 fully saturated rings. The van der Waals surface area contributed by atoms with Crippen LogP contribution >= 0.6 is 11.6 Å². The Kier molecular flexibility index (Phi) is 3.75. The quantitative estimate of drug-likeness (QED) is 0.882. The lowest BCUT2D eigenvalue weighted by Gasteiger charge is -2.07. The first-order valence-corrected chi connectivity index (χ1v) is 5.38. The number of nitrogen functional groups attached to an aromatic ring is 1. The summed E-state index contributed by atoms with van der Waals surface area (Å²) in [6, 6.07) is 3.91. The molecule has 0 aliphatic rings. The Bertz CT molecular complexity index is 610. The van der Waals surface area contributed by atoms with Gasteiger partial charge in [-0.15, -0.1) is 0 Å². The number of ether oxygens (including phenoxy) is 1. The summed E-state index contributed by atoms with van der Waals surface area (Å²) in [5.41, 5.74) is 6.06. The third-order valence-electron chi connectivity index (χ3n) is 2.19. The number of nitrogens with zero attached hydrogens (tertiary/aromatic N) is 2. The van der Waals surface area contributed by atoms with E-state index >= 15 is 0 Å². The van der Waals surface area contributed by atoms with Crippen molar-refractivity contribution >= 4 is 17.3 Å². The Morgan fingerprint density at radius 1 is 1.32 bits per heavy atom. The molecule has 1 heterocycles. The van der Waals surface area contributed by atoms with Crippen LogP contribution in [0.5, 0.6) is 5.88 Å². The van der Waals surface area contributed by atoms with Crippen LogP contribution in [-0.4, -0.2) is 16.6 Å². The topological polar surface area (TPSA) is 61.0 Å². The van der Waals surface area contributed by atoms with E-state index < -0.39 is 18.3 Å². The second kappa shape index (κ2) is 5.31. The predicted octanol–water partition coefficient (Wildman–Crippen LogP) is 3.12. The second-order valence-electron chi connectivity index (χ2n) is 3.47. The largest absolute Gasteiger partial charge is 0.414 e. The van der Waals surface area contributed by atoms with E-state index in [1.165, 1.54) is 18.3 Å². The molecule has 0 saturated heterocycles. The van der Waals surface area contributed by atoms with Gasteiger partial charge in [0.05, 0.1) is 17.6 Å². The standard InChI is InChI=1S/C11H7ClF3N3O/c12-9-10(19-11(14)15)17-4-8(18-9)5-1-2-6(13)7(16)3-5/h1-4,11H,16H2. The van der Waals surface area contributed by atoms with Crippen molar-refractivity contribution < 1.29 is 17.9 Å². The van der Waals surface area contributed by atoms with Gasteiger partial charge in [0.1, 0.15) is 5.82 Å². The maximum atomic E-state index is 13.0. The molecule has 2 rings (SSSR count). The minimum atomic E-state index is -3.04. The number of benzene rings is 1. The molecule has 0 atom stereocenters. The number of hydrogen-bond acceptors (Lipinski definition) is 4. The van der Waals surface area contributed by atoms with Gasteiger partial charge in [0, 0.05) is 5.56 Å². The molecular formula is C11H7ClF3N3O. The summed E-state index contributed by atoms with van der Waals surface area (Å²) in [5.74, 6) is -1.05. The van der Waals surface area contributed by atoms with E-state index in [0.717, 1.165) is 6.07 Å². The van der Waals surface area contributed by atoms with E-state index in [0.29, 0.717) is 5.56 Å². The first-order chi connectivity index (χ1) is 8.97. The normalized spacial score (nSPS) is 10.8. The van der Waals surface area contributed by atoms with Crippen molar-refractivity contribution in [2.75, 3.05) is 5.73 Å². The summed E-state index contributed by atoms with van der Waals surface area (Å²) in [4.78, 5) is 7.45. The molecule has 19 heavy (non-hydrogen) atoms. The van der Waals surface area contributed by atoms with Crippen LogP contribution in [0, 0.1) is 5.82 Å². The SMILES string of the molecule is Nc1cc(-c2cnc(OC(F)F)c(Cl)n2)ccc1F. The van der Waals surface area contributed by atoms with E-state index in [2.05, 4.69) is 14.7 Å². The molecule has 8 heteroatoms. The van der Waals surface area contributed by atoms with Crippen molar-refractivity contribution in [3.05, 3.63) is 35.4 Å². The Morgan fingerprint density at radius 3 is 2.63 bits per heavy atom. The highest BCUT2D eigenvalue weighted by Gasteiger charge is 2.13. The number of nitrogens with two attached hydrogens (primary N) is 1. The lowest BCUT2D eigenvalue weighted by Crippen LogP contribution is -2.05. The molecule has 1 aromatic carbocycles. The number of aromatic nitrogens is 2. The average molecular weight is 290 g/mol. The minimum absolute atomic E-state index is 0.0664. The van der Waals surface area contributed by atoms with Gasteiger partial charge < -0.3 is 10.5 Å². The Balaban J connectivity index is 2.36. The van der Waals surface area contributed by atoms with Gasteiger partial charge in [0.15, 0.2) is 5.15 Å². The highest BCUT2D eigenvalue weighted by Crippen LogP contribution is 2.26. The lowest BCUT2D eigenvalue weighted by atomic mass is 10.1. The summed E-state index contributed by atoms with van der Waals surface area (Å²) in [6.07, 6.45) is 1.18. The van der Waals surface area contributed by atoms with Crippen molar-refractivity contribution in [3.63, 3.8) is 0 Å². The van der Waals surface area contributed by atoms with Crippen molar-refractivity contribution in [3.8, 4) is 17.1 Å². The third kappa shape index (κ3) is 3.05. The van der Waals surface area contributed by atoms with Crippen LogP contribution in [0.25, 0.3) is 11.3 Å². The molecule has 0 bridgehead atoms. The third-order valence-corrected chi connectivity index (χ3v) is 2.44. The molecule has 0 amide bonds. The van der Waals surface area contributed by atoms with E-state index in [9.17, 15) is 13.2 Å². The van der Waals surface area contributed by atoms with E-state index in [1.54, 1.807) is 0 Å². The van der Waals surface area contributed by atoms with Crippen LogP contribution < -0.4 is 10.5 Å². The molecule has 0 spiro atoms. The first kappa shape index (κ1) is 13.4. The van der Waals surface area contributed by atoms with Crippen LogP contribution in [-0.2, 0) is 0 Å². The van der Waals surface area contributed by atoms with Crippen molar-refractivity contribution in [2.45, 2.75) is 6.61 Å². The smallest absolute Gasteiger partial charge is 0.388 e. The lowest BCUT2D eigenvalue weighted by molar-refractivity contribution is -0.0530. The fraction of sp³-hybridized carbons (Fsp3) is 0.0909. The van der Waals surface area contributed by atoms with Gasteiger partial charge in [0.25, 0.3) is 5.88 Å². The van der Waals surface area contributed by atoms with E-state index in [-0.39, 0.29) is 16.5 Å². The van der Waals surface area contributed by atoms with Gasteiger partial charge in [0.2, 0.25) is 0 Å². The molecule has 0 aliphatic heterocycles. The number of hydrogen-bond donors (Lipinski definition) is 1. The molecule has 1 aromatic heterocycles. The van der Waals surface area contributed by atoms with Gasteiger partial charge in [-0.25, -0.2) is 14.4 Å². The van der Waals surface area contributed by atoms with Crippen molar-refractivity contribution in [1.82, 2.24) is 9.97 Å². The maximum Gasteiger partial charge on any atom is 0.388 e. The van der Waals surface area contributed by atoms with Crippen LogP contribution in [0.2, 0.25) is 5.15 Å². The van der Waals surface area contributed by atoms with Crippen LogP contribution in [0.1, 0.15) is 0 Å². The van der Waals surface area contributed by atoms with Crippen LogP contribution in [0.4, 0.5) is 18.9 Å². The van der Waals surface area contributed by atoms with Gasteiger partial charge in [-0.3, -0.25) is 0 Å². The van der Waals surface area contributed by atoms with Gasteiger partial charge in [-0.2, -0.15) is 8.78 Å². The molecule has 2 aromatic rings. The first-order valence-electron chi connectivity index (χ1n) is 5.00. The molecule has 2 N–H and O–H groups in total. The molecule has 0 aliphatic carbocycles. The zero-order valence-corrected chi connectivity index (χ0v) is 10.0. The fourth-order valence-corrected chi connectivity index (χ4v) is 1.55. The Hall–Kier alpha value is -2.02. The predicted molar refractivity (Wildman–Crippen MR) is 63.5 cm³/mol. The molecular weight excluding hydrogens is 283 g/mol. The fourth-order valence-electron chi connectivity index (χ4n) is 1.36. The Labute approximate surface area is 111 Å². The molecule has 0 unspecified atom stereocenters. The summed E-state index contributed by atoms with van der Waals surface area (Å²) in [5, 5.41) is -0.319. The number of rotatable bonds is 3. The van der Waals surface area contributed by atoms with Crippen LogP contribution in [0.3, 0.4) is 0 Å². The Morgan fingerprint density at radius 2 is 2.05 bits per heavy atom. The van der Waals surface area contributed by atoms with Gasteiger partial charge in [-0.05, 0) is 18.2 Å². The monoisotopic (exact) mass is 289 g/mol. The molecule has 100 valence electrons. The molecule has 0 radical (unpaired) electrons. The van der Waals surface area contributed by atoms with Crippen LogP contribution in [0.15, 0.2) is 24.4 Å². The van der Waals surface area contributed by atoms with E-state index in [4.69, 9.17) is 17.3 Å². The summed E-state index contributed by atoms with van der Waals surface area (Å²) < 4.78 is 41.1. The summed E-state index contributed by atoms with van der Waals surface area (Å²) >= 11 is 5.66. The van der Waals surface area contributed by atoms with Crippen molar-refractivity contribution in [1.29, 1.82) is 0 Å². The number of anilines is 1. The molecule has 0 saturated carbocycles. The van der Waals surface area contributed by atoms with Gasteiger partial charge >= 0.3 is 6.61 Å². The maximum absolute atomic E-state index is 13.0. The van der Waals surface area contributed by atoms with E-state index in [1.807, 2.05) is 0 Å². The highest BCUT2D eigenvalue weighted by molar-refractivity contribution is 6.30. The average Bonchev–Trinajstić information content (AvgIpc) is 2.35. The zero-order chi connectivity index (χ0) is 14.0. The van der Waals surface area contributed by atoms with Gasteiger partial charge in [-0.1, -0.05) is 11.6 Å². The minimum Gasteiger partial charge on any atom is -0.414 e. The molecule has 4 nitrogen and oxygen atoms in total.